The number of hydrogen-bond acceptors (Lipinski definition) is 5. The molecule has 0 radical (unpaired) electrons. The van der Waals surface area contributed by atoms with E-state index in [1.54, 1.807) is 19.1 Å². The van der Waals surface area contributed by atoms with Crippen LogP contribution in [0.15, 0.2) is 18.2 Å². The minimum atomic E-state index is -2.72. The molecule has 0 bridgehead atoms. The molecular weight excluding hydrogens is 260 g/mol. The average molecular weight is 276 g/mol. The molecule has 1 aliphatic carbocycles. The number of benzene rings is 1. The minimum Gasteiger partial charge on any atom is -0.463 e. The number of esters is 1. The van der Waals surface area contributed by atoms with Crippen LogP contribution in [0, 0.1) is 0 Å². The van der Waals surface area contributed by atoms with E-state index < -0.39 is 23.1 Å². The van der Waals surface area contributed by atoms with Crippen LogP contribution >= 0.6 is 0 Å². The van der Waals surface area contributed by atoms with Crippen LogP contribution in [0.25, 0.3) is 0 Å². The quantitative estimate of drug-likeness (QED) is 0.662. The standard InChI is InChI=1S/C15H16O5/c1-3-6-9-7-5-8-10-11(9)13(17)15(19,12(10)16)14(18)20-4-2/h5,7-8,19H,3-4,6H2,1-2H3. The van der Waals surface area contributed by atoms with Crippen molar-refractivity contribution < 1.29 is 24.2 Å². The molecule has 2 rings (SSSR count). The summed E-state index contributed by atoms with van der Waals surface area (Å²) in [5.41, 5.74) is -1.81. The first-order valence-corrected chi connectivity index (χ1v) is 6.59. The van der Waals surface area contributed by atoms with Crippen LogP contribution in [-0.4, -0.2) is 34.9 Å². The van der Waals surface area contributed by atoms with Crippen molar-refractivity contribution in [3.63, 3.8) is 0 Å². The van der Waals surface area contributed by atoms with Gasteiger partial charge in [0.15, 0.2) is 0 Å². The third kappa shape index (κ3) is 1.86. The largest absolute Gasteiger partial charge is 0.463 e. The summed E-state index contributed by atoms with van der Waals surface area (Å²) in [6.07, 6.45) is 1.39. The smallest absolute Gasteiger partial charge is 0.354 e. The van der Waals surface area contributed by atoms with Gasteiger partial charge in [0, 0.05) is 11.1 Å². The SMILES string of the molecule is CCCc1cccc2c1C(=O)C(O)(C(=O)OCC)C2=O. The van der Waals surface area contributed by atoms with Crippen LogP contribution in [-0.2, 0) is 16.0 Å². The van der Waals surface area contributed by atoms with E-state index in [-0.39, 0.29) is 17.7 Å². The van der Waals surface area contributed by atoms with E-state index in [1.165, 1.54) is 6.07 Å². The molecule has 0 heterocycles. The first-order valence-electron chi connectivity index (χ1n) is 6.59. The first kappa shape index (κ1) is 14.4. The van der Waals surface area contributed by atoms with Crippen molar-refractivity contribution in [3.05, 3.63) is 34.9 Å². The van der Waals surface area contributed by atoms with Crippen LogP contribution in [0.3, 0.4) is 0 Å². The van der Waals surface area contributed by atoms with Crippen LogP contribution in [0.5, 0.6) is 0 Å². The van der Waals surface area contributed by atoms with Crippen molar-refractivity contribution in [1.82, 2.24) is 0 Å². The molecule has 5 heteroatoms. The molecule has 0 spiro atoms. The normalized spacial score (nSPS) is 20.9. The van der Waals surface area contributed by atoms with Crippen LogP contribution in [0.4, 0.5) is 0 Å². The molecule has 0 aliphatic heterocycles. The third-order valence-corrected chi connectivity index (χ3v) is 3.37. The Balaban J connectivity index is 2.55. The molecule has 0 amide bonds. The highest BCUT2D eigenvalue weighted by atomic mass is 16.6. The number of Topliss-reactive ketones (excluding diaryl/α,β-unsaturated/α-hetero) is 2. The van der Waals surface area contributed by atoms with Crippen LogP contribution < -0.4 is 0 Å². The van der Waals surface area contributed by atoms with Crippen LogP contribution in [0.2, 0.25) is 0 Å². The number of rotatable bonds is 4. The van der Waals surface area contributed by atoms with Gasteiger partial charge in [-0.05, 0) is 18.9 Å². The molecule has 0 aromatic heterocycles. The molecule has 1 aromatic rings. The number of carbonyl (C=O) groups is 3. The van der Waals surface area contributed by atoms with Gasteiger partial charge in [0.1, 0.15) is 0 Å². The predicted octanol–water partition coefficient (Wildman–Crippen LogP) is 1.31. The Morgan fingerprint density at radius 2 is 1.95 bits per heavy atom. The zero-order valence-electron chi connectivity index (χ0n) is 11.4. The fourth-order valence-electron chi connectivity index (χ4n) is 2.44. The van der Waals surface area contributed by atoms with E-state index >= 15 is 0 Å². The topological polar surface area (TPSA) is 80.7 Å². The second-order valence-electron chi connectivity index (χ2n) is 4.68. The van der Waals surface area contributed by atoms with Crippen molar-refractivity contribution in [3.8, 4) is 0 Å². The molecule has 106 valence electrons. The van der Waals surface area contributed by atoms with E-state index in [1.807, 2.05) is 6.92 Å². The molecule has 1 N–H and O–H groups in total. The molecule has 1 aliphatic rings. The maximum Gasteiger partial charge on any atom is 0.354 e. The van der Waals surface area contributed by atoms with E-state index in [9.17, 15) is 19.5 Å². The highest BCUT2D eigenvalue weighted by Gasteiger charge is 2.59. The molecule has 5 nitrogen and oxygen atoms in total. The van der Waals surface area contributed by atoms with Crippen molar-refractivity contribution in [2.24, 2.45) is 0 Å². The Kier molecular flexibility index (Phi) is 3.72. The van der Waals surface area contributed by atoms with Gasteiger partial charge in [-0.3, -0.25) is 9.59 Å². The van der Waals surface area contributed by atoms with Crippen molar-refractivity contribution in [2.75, 3.05) is 6.61 Å². The monoisotopic (exact) mass is 276 g/mol. The predicted molar refractivity (Wildman–Crippen MR) is 70.7 cm³/mol. The lowest BCUT2D eigenvalue weighted by Gasteiger charge is -2.16. The Hall–Kier alpha value is -2.01. The average Bonchev–Trinajstić information content (AvgIpc) is 2.63. The maximum atomic E-state index is 12.4. The third-order valence-electron chi connectivity index (χ3n) is 3.37. The lowest BCUT2D eigenvalue weighted by atomic mass is 9.96. The Morgan fingerprint density at radius 3 is 2.55 bits per heavy atom. The molecule has 1 aromatic carbocycles. The number of fused-ring (bicyclic) bond motifs is 1. The van der Waals surface area contributed by atoms with E-state index in [2.05, 4.69) is 4.74 Å². The van der Waals surface area contributed by atoms with Gasteiger partial charge in [0.05, 0.1) is 6.61 Å². The second kappa shape index (κ2) is 5.17. The Labute approximate surface area is 116 Å². The van der Waals surface area contributed by atoms with E-state index in [0.717, 1.165) is 6.42 Å². The molecular formula is C15H16O5. The summed E-state index contributed by atoms with van der Waals surface area (Å²) in [6.45, 7) is 3.47. The summed E-state index contributed by atoms with van der Waals surface area (Å²) in [7, 11) is 0. The lowest BCUT2D eigenvalue weighted by Crippen LogP contribution is -2.50. The van der Waals surface area contributed by atoms with Crippen molar-refractivity contribution in [1.29, 1.82) is 0 Å². The van der Waals surface area contributed by atoms with Gasteiger partial charge in [-0.25, -0.2) is 4.79 Å². The van der Waals surface area contributed by atoms with E-state index in [4.69, 9.17) is 0 Å². The summed E-state index contributed by atoms with van der Waals surface area (Å²) in [6, 6.07) is 4.82. The minimum absolute atomic E-state index is 0.0140. The molecule has 0 fully saturated rings. The molecule has 20 heavy (non-hydrogen) atoms. The molecule has 0 saturated carbocycles. The van der Waals surface area contributed by atoms with Gasteiger partial charge < -0.3 is 9.84 Å². The summed E-state index contributed by atoms with van der Waals surface area (Å²) in [4.78, 5) is 36.4. The van der Waals surface area contributed by atoms with Crippen molar-refractivity contribution >= 4 is 17.5 Å². The number of aryl methyl sites for hydroxylation is 1. The Morgan fingerprint density at radius 1 is 1.25 bits per heavy atom. The van der Waals surface area contributed by atoms with Gasteiger partial charge in [-0.15, -0.1) is 0 Å². The van der Waals surface area contributed by atoms with E-state index in [0.29, 0.717) is 12.0 Å². The number of carbonyl (C=O) groups excluding carboxylic acids is 3. The highest BCUT2D eigenvalue weighted by molar-refractivity contribution is 6.41. The van der Waals surface area contributed by atoms with Gasteiger partial charge in [-0.1, -0.05) is 31.5 Å². The lowest BCUT2D eigenvalue weighted by molar-refractivity contribution is -0.155. The molecule has 1 atom stereocenters. The summed E-state index contributed by atoms with van der Waals surface area (Å²) in [5, 5.41) is 10.3. The van der Waals surface area contributed by atoms with Gasteiger partial charge >= 0.3 is 5.97 Å². The zero-order valence-corrected chi connectivity index (χ0v) is 11.4. The number of ketones is 2. The fraction of sp³-hybridized carbons (Fsp3) is 0.400. The highest BCUT2D eigenvalue weighted by Crippen LogP contribution is 2.33. The van der Waals surface area contributed by atoms with Gasteiger partial charge in [0.25, 0.3) is 5.60 Å². The fourth-order valence-corrected chi connectivity index (χ4v) is 2.44. The molecule has 0 saturated heterocycles. The van der Waals surface area contributed by atoms with Gasteiger partial charge in [0.2, 0.25) is 11.6 Å². The van der Waals surface area contributed by atoms with Gasteiger partial charge in [-0.2, -0.15) is 0 Å². The summed E-state index contributed by atoms with van der Waals surface area (Å²) >= 11 is 0. The summed E-state index contributed by atoms with van der Waals surface area (Å²) < 4.78 is 4.67. The van der Waals surface area contributed by atoms with Crippen molar-refractivity contribution in [2.45, 2.75) is 32.3 Å². The Bertz CT molecular complexity index is 590. The van der Waals surface area contributed by atoms with Crippen LogP contribution in [0.1, 0.15) is 46.5 Å². The first-order chi connectivity index (χ1) is 9.48. The maximum absolute atomic E-state index is 12.4. The number of ether oxygens (including phenoxy) is 1. The number of aliphatic hydroxyl groups is 1. The second-order valence-corrected chi connectivity index (χ2v) is 4.68. The zero-order chi connectivity index (χ0) is 14.9. The molecule has 1 unspecified atom stereocenters. The number of hydrogen-bond donors (Lipinski definition) is 1. The summed E-state index contributed by atoms with van der Waals surface area (Å²) in [5.74, 6) is -2.97.